The molecular formula is C19H23N7O. The van der Waals surface area contributed by atoms with E-state index in [1.54, 1.807) is 23.1 Å². The number of carbonyl (C=O) groups excluding carboxylic acids is 1. The Morgan fingerprint density at radius 2 is 2.11 bits per heavy atom. The van der Waals surface area contributed by atoms with Crippen LogP contribution in [0.3, 0.4) is 0 Å². The van der Waals surface area contributed by atoms with Gasteiger partial charge in [-0.3, -0.25) is 9.78 Å². The number of likely N-dealkylation sites (tertiary alicyclic amines) is 1. The fourth-order valence-corrected chi connectivity index (χ4v) is 3.54. The topological polar surface area (TPSA) is 101 Å². The van der Waals surface area contributed by atoms with Crippen LogP contribution in [0.25, 0.3) is 16.9 Å². The molecule has 1 fully saturated rings. The molecule has 1 aliphatic rings. The maximum absolute atomic E-state index is 11.4. The van der Waals surface area contributed by atoms with E-state index in [1.165, 1.54) is 0 Å². The first-order chi connectivity index (χ1) is 13.2. The van der Waals surface area contributed by atoms with E-state index in [0.29, 0.717) is 0 Å². The van der Waals surface area contributed by atoms with Gasteiger partial charge in [0, 0.05) is 49.7 Å². The molecule has 3 N–H and O–H groups in total. The molecule has 4 heterocycles. The summed E-state index contributed by atoms with van der Waals surface area (Å²) in [5, 5.41) is 7.82. The summed E-state index contributed by atoms with van der Waals surface area (Å²) in [5.41, 5.74) is 8.14. The van der Waals surface area contributed by atoms with Crippen LogP contribution in [-0.4, -0.2) is 56.6 Å². The predicted octanol–water partition coefficient (Wildman–Crippen LogP) is 1.40. The van der Waals surface area contributed by atoms with E-state index in [0.717, 1.165) is 61.7 Å². The van der Waals surface area contributed by atoms with Crippen molar-refractivity contribution >= 4 is 17.4 Å². The Bertz CT molecular complexity index is 924. The van der Waals surface area contributed by atoms with Gasteiger partial charge in [-0.25, -0.2) is 4.98 Å². The van der Waals surface area contributed by atoms with Crippen molar-refractivity contribution in [2.45, 2.75) is 12.8 Å². The molecule has 140 valence electrons. The van der Waals surface area contributed by atoms with Gasteiger partial charge in [0.2, 0.25) is 5.91 Å². The lowest BCUT2D eigenvalue weighted by molar-refractivity contribution is -0.123. The van der Waals surface area contributed by atoms with Crippen molar-refractivity contribution in [2.24, 2.45) is 11.7 Å². The number of pyridine rings is 1. The molecule has 0 spiro atoms. The first-order valence-corrected chi connectivity index (χ1v) is 9.21. The highest BCUT2D eigenvalue weighted by Gasteiger charge is 2.23. The number of piperidine rings is 1. The molecule has 1 saturated heterocycles. The Hall–Kier alpha value is -3.00. The van der Waals surface area contributed by atoms with Crippen LogP contribution in [-0.2, 0) is 4.79 Å². The molecule has 4 rings (SSSR count). The van der Waals surface area contributed by atoms with Gasteiger partial charge >= 0.3 is 0 Å². The van der Waals surface area contributed by atoms with E-state index >= 15 is 0 Å². The Kier molecular flexibility index (Phi) is 4.97. The summed E-state index contributed by atoms with van der Waals surface area (Å²) in [4.78, 5) is 22.5. The fourth-order valence-electron chi connectivity index (χ4n) is 3.54. The van der Waals surface area contributed by atoms with Crippen molar-refractivity contribution in [1.82, 2.24) is 24.5 Å². The number of primary amides is 1. The van der Waals surface area contributed by atoms with Crippen LogP contribution in [0.1, 0.15) is 12.8 Å². The number of nitrogens with one attached hydrogen (secondary N) is 1. The summed E-state index contributed by atoms with van der Waals surface area (Å²) < 4.78 is 1.80. The maximum Gasteiger partial charge on any atom is 0.221 e. The molecule has 8 nitrogen and oxygen atoms in total. The highest BCUT2D eigenvalue weighted by molar-refractivity contribution is 5.77. The second-order valence-electron chi connectivity index (χ2n) is 6.83. The number of nitrogens with two attached hydrogens (primary N) is 1. The summed E-state index contributed by atoms with van der Waals surface area (Å²) in [6.07, 6.45) is 7.17. The zero-order valence-electron chi connectivity index (χ0n) is 15.1. The number of nitrogens with zero attached hydrogens (tertiary/aromatic N) is 5. The number of hydrogen-bond acceptors (Lipinski definition) is 6. The quantitative estimate of drug-likeness (QED) is 0.685. The number of hydrogen-bond donors (Lipinski definition) is 2. The second-order valence-corrected chi connectivity index (χ2v) is 6.83. The van der Waals surface area contributed by atoms with Crippen LogP contribution in [0.5, 0.6) is 0 Å². The van der Waals surface area contributed by atoms with Crippen molar-refractivity contribution in [3.63, 3.8) is 0 Å². The van der Waals surface area contributed by atoms with E-state index in [4.69, 9.17) is 5.73 Å². The minimum Gasteiger partial charge on any atom is -0.369 e. The average Bonchev–Trinajstić information content (AvgIpc) is 3.18. The van der Waals surface area contributed by atoms with Crippen molar-refractivity contribution in [2.75, 3.05) is 31.5 Å². The van der Waals surface area contributed by atoms with Gasteiger partial charge in [-0.1, -0.05) is 0 Å². The Morgan fingerprint density at radius 3 is 2.93 bits per heavy atom. The van der Waals surface area contributed by atoms with E-state index in [9.17, 15) is 4.79 Å². The molecule has 0 aromatic carbocycles. The summed E-state index contributed by atoms with van der Waals surface area (Å²) in [6, 6.07) is 7.77. The third-order valence-electron chi connectivity index (χ3n) is 4.98. The number of amides is 1. The van der Waals surface area contributed by atoms with Crippen LogP contribution >= 0.6 is 0 Å². The van der Waals surface area contributed by atoms with Gasteiger partial charge in [-0.2, -0.15) is 9.61 Å². The molecule has 0 aliphatic carbocycles. The van der Waals surface area contributed by atoms with E-state index in [2.05, 4.69) is 25.3 Å². The molecule has 0 bridgehead atoms. The summed E-state index contributed by atoms with van der Waals surface area (Å²) >= 11 is 0. The molecule has 1 amide bonds. The second kappa shape index (κ2) is 7.71. The largest absolute Gasteiger partial charge is 0.369 e. The lowest BCUT2D eigenvalue weighted by Crippen LogP contribution is -2.42. The highest BCUT2D eigenvalue weighted by atomic mass is 16.1. The molecular weight excluding hydrogens is 342 g/mol. The zero-order valence-corrected chi connectivity index (χ0v) is 15.1. The minimum atomic E-state index is -0.193. The van der Waals surface area contributed by atoms with Crippen molar-refractivity contribution < 1.29 is 4.79 Å². The zero-order chi connectivity index (χ0) is 18.6. The third kappa shape index (κ3) is 3.90. The molecule has 0 radical (unpaired) electrons. The number of aromatic nitrogens is 4. The smallest absolute Gasteiger partial charge is 0.221 e. The van der Waals surface area contributed by atoms with Crippen LogP contribution in [0.4, 0.5) is 5.82 Å². The van der Waals surface area contributed by atoms with Gasteiger partial charge in [0.1, 0.15) is 5.82 Å². The highest BCUT2D eigenvalue weighted by Crippen LogP contribution is 2.21. The molecule has 27 heavy (non-hydrogen) atoms. The number of carbonyl (C=O) groups is 1. The van der Waals surface area contributed by atoms with E-state index in [-0.39, 0.29) is 11.8 Å². The summed E-state index contributed by atoms with van der Waals surface area (Å²) in [7, 11) is 0. The van der Waals surface area contributed by atoms with E-state index < -0.39 is 0 Å². The van der Waals surface area contributed by atoms with Gasteiger partial charge < -0.3 is 16.0 Å². The van der Waals surface area contributed by atoms with Crippen LogP contribution in [0, 0.1) is 5.92 Å². The van der Waals surface area contributed by atoms with Crippen LogP contribution in [0.15, 0.2) is 42.9 Å². The molecule has 1 atom stereocenters. The first kappa shape index (κ1) is 17.4. The summed E-state index contributed by atoms with van der Waals surface area (Å²) in [5.74, 6) is 0.665. The Morgan fingerprint density at radius 1 is 1.26 bits per heavy atom. The lowest BCUT2D eigenvalue weighted by atomic mass is 9.97. The number of anilines is 1. The molecule has 3 aromatic heterocycles. The fraction of sp³-hybridized carbons (Fsp3) is 0.368. The molecule has 8 heteroatoms. The van der Waals surface area contributed by atoms with Gasteiger partial charge in [0.05, 0.1) is 17.8 Å². The van der Waals surface area contributed by atoms with Gasteiger partial charge in [0.25, 0.3) is 0 Å². The number of rotatable bonds is 6. The Balaban J connectivity index is 1.47. The average molecular weight is 365 g/mol. The number of fused-ring (bicyclic) bond motifs is 1. The van der Waals surface area contributed by atoms with Gasteiger partial charge in [-0.15, -0.1) is 0 Å². The third-order valence-corrected chi connectivity index (χ3v) is 4.98. The Labute approximate surface area is 157 Å². The maximum atomic E-state index is 11.4. The van der Waals surface area contributed by atoms with Crippen molar-refractivity contribution in [1.29, 1.82) is 0 Å². The standard InChI is InChI=1S/C19H23N7O/c20-19(27)15-2-1-10-25(13-15)11-9-22-18-12-16(14-3-6-21-7-4-14)24-17-5-8-23-26(17)18/h3-8,12,15,22H,1-2,9-11,13H2,(H2,20,27)/t15-/m0/s1. The molecule has 0 unspecified atom stereocenters. The van der Waals surface area contributed by atoms with Crippen LogP contribution < -0.4 is 11.1 Å². The van der Waals surface area contributed by atoms with Gasteiger partial charge in [-0.05, 0) is 31.5 Å². The molecule has 1 aliphatic heterocycles. The van der Waals surface area contributed by atoms with Gasteiger partial charge in [0.15, 0.2) is 5.65 Å². The first-order valence-electron chi connectivity index (χ1n) is 9.21. The normalized spacial score (nSPS) is 17.9. The molecule has 0 saturated carbocycles. The molecule has 3 aromatic rings. The monoisotopic (exact) mass is 365 g/mol. The van der Waals surface area contributed by atoms with Crippen molar-refractivity contribution in [3.8, 4) is 11.3 Å². The van der Waals surface area contributed by atoms with E-state index in [1.807, 2.05) is 24.3 Å². The lowest BCUT2D eigenvalue weighted by Gasteiger charge is -2.31. The van der Waals surface area contributed by atoms with Crippen molar-refractivity contribution in [3.05, 3.63) is 42.9 Å². The minimum absolute atomic E-state index is 0.0317. The van der Waals surface area contributed by atoms with Crippen LogP contribution in [0.2, 0.25) is 0 Å². The summed E-state index contributed by atoms with van der Waals surface area (Å²) in [6.45, 7) is 3.34. The predicted molar refractivity (Wildman–Crippen MR) is 103 cm³/mol. The SMILES string of the molecule is NC(=O)[C@H]1CCCN(CCNc2cc(-c3ccncc3)nc3ccnn23)C1.